The summed E-state index contributed by atoms with van der Waals surface area (Å²) in [5.74, 6) is -1.04. The van der Waals surface area contributed by atoms with Crippen LogP contribution in [0.5, 0.6) is 0 Å². The standard InChI is InChI=1S/C20H29NO3/c1-15(2)13-18(19(22)21-17-11-7-4-8-12-17)20(23)24-14-16-9-5-3-6-10-16/h3,5-6,9-10,15,17-18H,4,7-8,11-14H2,1-2H3,(H,21,22)/t18-/m0/s1. The SMILES string of the molecule is CC(C)C[C@@H](C(=O)NC1CCCCC1)C(=O)OCc1ccccc1. The molecule has 0 bridgehead atoms. The van der Waals surface area contributed by atoms with E-state index in [0.717, 1.165) is 31.2 Å². The number of benzene rings is 1. The molecule has 1 aromatic rings. The Bertz CT molecular complexity index is 521. The Kier molecular flexibility index (Phi) is 7.29. The molecular weight excluding hydrogens is 302 g/mol. The first-order valence-electron chi connectivity index (χ1n) is 9.07. The van der Waals surface area contributed by atoms with Crippen molar-refractivity contribution in [3.8, 4) is 0 Å². The molecule has 0 saturated heterocycles. The van der Waals surface area contributed by atoms with E-state index in [1.165, 1.54) is 6.42 Å². The van der Waals surface area contributed by atoms with Crippen molar-refractivity contribution in [3.63, 3.8) is 0 Å². The van der Waals surface area contributed by atoms with Gasteiger partial charge in [-0.15, -0.1) is 0 Å². The minimum atomic E-state index is -0.712. The molecule has 0 unspecified atom stereocenters. The normalized spacial score (nSPS) is 16.6. The largest absolute Gasteiger partial charge is 0.460 e. The molecule has 4 nitrogen and oxygen atoms in total. The Morgan fingerprint density at radius 1 is 1.12 bits per heavy atom. The van der Waals surface area contributed by atoms with Crippen LogP contribution < -0.4 is 5.32 Å². The van der Waals surface area contributed by atoms with Gasteiger partial charge in [-0.2, -0.15) is 0 Å². The molecule has 1 aliphatic rings. The maximum Gasteiger partial charge on any atom is 0.318 e. The second-order valence-corrected chi connectivity index (χ2v) is 7.12. The van der Waals surface area contributed by atoms with Crippen LogP contribution in [0.15, 0.2) is 30.3 Å². The molecule has 1 amide bonds. The Labute approximate surface area is 145 Å². The highest BCUT2D eigenvalue weighted by Crippen LogP contribution is 2.20. The van der Waals surface area contributed by atoms with Gasteiger partial charge >= 0.3 is 5.97 Å². The molecule has 1 atom stereocenters. The first-order chi connectivity index (χ1) is 11.6. The monoisotopic (exact) mass is 331 g/mol. The lowest BCUT2D eigenvalue weighted by Crippen LogP contribution is -2.43. The van der Waals surface area contributed by atoms with Crippen molar-refractivity contribution in [1.82, 2.24) is 5.32 Å². The van der Waals surface area contributed by atoms with Crippen LogP contribution in [0.1, 0.15) is 57.9 Å². The molecule has 0 radical (unpaired) electrons. The molecule has 4 heteroatoms. The van der Waals surface area contributed by atoms with Crippen LogP contribution in [-0.4, -0.2) is 17.9 Å². The molecule has 1 N–H and O–H groups in total. The highest BCUT2D eigenvalue weighted by molar-refractivity contribution is 5.97. The summed E-state index contributed by atoms with van der Waals surface area (Å²) in [6, 6.07) is 9.77. The first-order valence-corrected chi connectivity index (χ1v) is 9.07. The first kappa shape index (κ1) is 18.5. The van der Waals surface area contributed by atoms with Gasteiger partial charge in [0.1, 0.15) is 12.5 Å². The number of hydrogen-bond acceptors (Lipinski definition) is 3. The lowest BCUT2D eigenvalue weighted by atomic mass is 9.93. The average molecular weight is 331 g/mol. The molecule has 0 heterocycles. The molecule has 1 aliphatic carbocycles. The minimum absolute atomic E-state index is 0.173. The van der Waals surface area contributed by atoms with E-state index < -0.39 is 11.9 Å². The quantitative estimate of drug-likeness (QED) is 0.610. The van der Waals surface area contributed by atoms with Crippen molar-refractivity contribution >= 4 is 11.9 Å². The lowest BCUT2D eigenvalue weighted by Gasteiger charge is -2.25. The summed E-state index contributed by atoms with van der Waals surface area (Å²) < 4.78 is 5.40. The molecule has 0 spiro atoms. The molecule has 1 aromatic carbocycles. The fraction of sp³-hybridized carbons (Fsp3) is 0.600. The third-order valence-corrected chi connectivity index (χ3v) is 4.48. The molecule has 1 saturated carbocycles. The van der Waals surface area contributed by atoms with Gasteiger partial charge in [-0.25, -0.2) is 0 Å². The summed E-state index contributed by atoms with van der Waals surface area (Å²) in [6.07, 6.45) is 6.09. The van der Waals surface area contributed by atoms with Crippen LogP contribution >= 0.6 is 0 Å². The van der Waals surface area contributed by atoms with Crippen molar-refractivity contribution in [1.29, 1.82) is 0 Å². The van der Waals surface area contributed by atoms with Gasteiger partial charge in [0, 0.05) is 6.04 Å². The fourth-order valence-corrected chi connectivity index (χ4v) is 3.16. The van der Waals surface area contributed by atoms with E-state index in [0.29, 0.717) is 6.42 Å². The number of carbonyl (C=O) groups is 2. The number of ether oxygens (including phenoxy) is 1. The molecular formula is C20H29NO3. The summed E-state index contributed by atoms with van der Waals surface area (Å²) in [5, 5.41) is 3.06. The predicted molar refractivity (Wildman–Crippen MR) is 94.2 cm³/mol. The minimum Gasteiger partial charge on any atom is -0.460 e. The second-order valence-electron chi connectivity index (χ2n) is 7.12. The average Bonchev–Trinajstić information content (AvgIpc) is 2.59. The maximum absolute atomic E-state index is 12.6. The molecule has 0 aliphatic heterocycles. The smallest absolute Gasteiger partial charge is 0.318 e. The fourth-order valence-electron chi connectivity index (χ4n) is 3.16. The van der Waals surface area contributed by atoms with Crippen molar-refractivity contribution in [2.24, 2.45) is 11.8 Å². The highest BCUT2D eigenvalue weighted by Gasteiger charge is 2.30. The number of amides is 1. The summed E-state index contributed by atoms with van der Waals surface area (Å²) in [6.45, 7) is 4.25. The van der Waals surface area contributed by atoms with Gasteiger partial charge in [-0.1, -0.05) is 63.4 Å². The van der Waals surface area contributed by atoms with Crippen LogP contribution in [0, 0.1) is 11.8 Å². The zero-order chi connectivity index (χ0) is 17.4. The Morgan fingerprint density at radius 2 is 1.79 bits per heavy atom. The number of rotatable bonds is 7. The molecule has 132 valence electrons. The van der Waals surface area contributed by atoms with Gasteiger partial charge < -0.3 is 10.1 Å². The number of nitrogens with one attached hydrogen (secondary N) is 1. The van der Waals surface area contributed by atoms with Crippen molar-refractivity contribution in [2.75, 3.05) is 0 Å². The summed E-state index contributed by atoms with van der Waals surface area (Å²) in [5.41, 5.74) is 0.932. The highest BCUT2D eigenvalue weighted by atomic mass is 16.5. The molecule has 0 aromatic heterocycles. The van der Waals surface area contributed by atoms with E-state index in [9.17, 15) is 9.59 Å². The summed E-state index contributed by atoms with van der Waals surface area (Å²) in [7, 11) is 0. The van der Waals surface area contributed by atoms with Crippen LogP contribution in [0.4, 0.5) is 0 Å². The molecule has 24 heavy (non-hydrogen) atoms. The zero-order valence-electron chi connectivity index (χ0n) is 14.8. The third-order valence-electron chi connectivity index (χ3n) is 4.48. The van der Waals surface area contributed by atoms with E-state index in [1.54, 1.807) is 0 Å². The van der Waals surface area contributed by atoms with Gasteiger partial charge in [-0.3, -0.25) is 9.59 Å². The molecule has 1 fully saturated rings. The van der Waals surface area contributed by atoms with Gasteiger partial charge in [0.25, 0.3) is 0 Å². The number of hydrogen-bond donors (Lipinski definition) is 1. The van der Waals surface area contributed by atoms with Crippen molar-refractivity contribution < 1.29 is 14.3 Å². The third kappa shape index (κ3) is 5.99. The van der Waals surface area contributed by atoms with Gasteiger partial charge in [0.2, 0.25) is 5.91 Å². The zero-order valence-corrected chi connectivity index (χ0v) is 14.8. The van der Waals surface area contributed by atoms with E-state index in [4.69, 9.17) is 4.74 Å². The summed E-state index contributed by atoms with van der Waals surface area (Å²) in [4.78, 5) is 25.0. The van der Waals surface area contributed by atoms with E-state index in [-0.39, 0.29) is 24.5 Å². The Hall–Kier alpha value is -1.84. The topological polar surface area (TPSA) is 55.4 Å². The van der Waals surface area contributed by atoms with Crippen molar-refractivity contribution in [2.45, 2.75) is 65.0 Å². The van der Waals surface area contributed by atoms with E-state index in [2.05, 4.69) is 5.32 Å². The van der Waals surface area contributed by atoms with Crippen molar-refractivity contribution in [3.05, 3.63) is 35.9 Å². The van der Waals surface area contributed by atoms with E-state index >= 15 is 0 Å². The molecule has 2 rings (SSSR count). The predicted octanol–water partition coefficient (Wildman–Crippen LogP) is 3.84. The maximum atomic E-state index is 12.6. The number of esters is 1. The van der Waals surface area contributed by atoms with Crippen LogP contribution in [0.3, 0.4) is 0 Å². The summed E-state index contributed by atoms with van der Waals surface area (Å²) >= 11 is 0. The number of carbonyl (C=O) groups excluding carboxylic acids is 2. The van der Waals surface area contributed by atoms with Crippen LogP contribution in [0.2, 0.25) is 0 Å². The van der Waals surface area contributed by atoms with Gasteiger partial charge in [0.05, 0.1) is 0 Å². The van der Waals surface area contributed by atoms with Crippen LogP contribution in [-0.2, 0) is 20.9 Å². The second kappa shape index (κ2) is 9.45. The Balaban J connectivity index is 1.92. The van der Waals surface area contributed by atoms with Crippen LogP contribution in [0.25, 0.3) is 0 Å². The van der Waals surface area contributed by atoms with E-state index in [1.807, 2.05) is 44.2 Å². The Morgan fingerprint density at radius 3 is 2.42 bits per heavy atom. The van der Waals surface area contributed by atoms with Gasteiger partial charge in [0.15, 0.2) is 0 Å². The lowest BCUT2D eigenvalue weighted by molar-refractivity contribution is -0.154. The van der Waals surface area contributed by atoms with Gasteiger partial charge in [-0.05, 0) is 30.7 Å².